The van der Waals surface area contributed by atoms with Crippen LogP contribution in [0, 0.1) is 12.8 Å². The first-order chi connectivity index (χ1) is 17.0. The van der Waals surface area contributed by atoms with Gasteiger partial charge in [-0.05, 0) is 37.8 Å². The number of aromatic nitrogens is 3. The Bertz CT molecular complexity index is 1180. The number of piperidine rings is 1. The molecule has 0 aliphatic carbocycles. The van der Waals surface area contributed by atoms with Gasteiger partial charge in [0.15, 0.2) is 5.69 Å². The maximum absolute atomic E-state index is 13.2. The van der Waals surface area contributed by atoms with Crippen LogP contribution in [-0.4, -0.2) is 44.8 Å². The molecule has 2 aromatic carbocycles. The molecule has 2 amide bonds. The first-order valence-corrected chi connectivity index (χ1v) is 12.2. The van der Waals surface area contributed by atoms with Gasteiger partial charge in [-0.1, -0.05) is 65.4 Å². The Kier molecular flexibility index (Phi) is 6.63. The van der Waals surface area contributed by atoms with Crippen molar-refractivity contribution in [3.63, 3.8) is 0 Å². The third-order valence-electron chi connectivity index (χ3n) is 7.06. The van der Waals surface area contributed by atoms with Crippen LogP contribution in [0.25, 0.3) is 0 Å². The minimum absolute atomic E-state index is 0.0461. The summed E-state index contributed by atoms with van der Waals surface area (Å²) in [6.45, 7) is 5.92. The van der Waals surface area contributed by atoms with Crippen molar-refractivity contribution < 1.29 is 14.3 Å². The molecule has 182 valence electrons. The molecule has 0 spiro atoms. The van der Waals surface area contributed by atoms with Crippen molar-refractivity contribution in [2.75, 3.05) is 13.1 Å². The second-order valence-corrected chi connectivity index (χ2v) is 9.48. The van der Waals surface area contributed by atoms with Crippen LogP contribution >= 0.6 is 0 Å². The number of aryl methyl sites for hydroxylation is 1. The third kappa shape index (κ3) is 4.98. The largest absolute Gasteiger partial charge is 0.365 e. The van der Waals surface area contributed by atoms with E-state index in [1.165, 1.54) is 5.56 Å². The highest BCUT2D eigenvalue weighted by Crippen LogP contribution is 2.28. The summed E-state index contributed by atoms with van der Waals surface area (Å²) < 4.78 is 7.85. The minimum atomic E-state index is -0.139. The number of nitrogens with zero attached hydrogens (tertiary/aromatic N) is 4. The fraction of sp³-hybridized carbons (Fsp3) is 0.407. The van der Waals surface area contributed by atoms with Crippen LogP contribution in [0.1, 0.15) is 64.8 Å². The van der Waals surface area contributed by atoms with Gasteiger partial charge in [-0.2, -0.15) is 0 Å². The van der Waals surface area contributed by atoms with E-state index in [0.29, 0.717) is 44.8 Å². The Morgan fingerprint density at radius 3 is 2.49 bits per heavy atom. The maximum atomic E-state index is 13.2. The molecule has 5 rings (SSSR count). The summed E-state index contributed by atoms with van der Waals surface area (Å²) in [6.07, 6.45) is 1.16. The Balaban J connectivity index is 1.17. The van der Waals surface area contributed by atoms with Gasteiger partial charge >= 0.3 is 0 Å². The molecule has 8 heteroatoms. The number of rotatable bonds is 5. The van der Waals surface area contributed by atoms with Gasteiger partial charge in [0.05, 0.1) is 24.9 Å². The molecule has 3 heterocycles. The first-order valence-electron chi connectivity index (χ1n) is 12.2. The first kappa shape index (κ1) is 23.2. The molecular weight excluding hydrogens is 442 g/mol. The summed E-state index contributed by atoms with van der Waals surface area (Å²) in [5.41, 5.74) is 4.44. The lowest BCUT2D eigenvalue weighted by atomic mass is 9.95. The lowest BCUT2D eigenvalue weighted by Gasteiger charge is -2.32. The second-order valence-electron chi connectivity index (χ2n) is 9.48. The molecule has 0 bridgehead atoms. The normalized spacial score (nSPS) is 19.1. The van der Waals surface area contributed by atoms with Crippen LogP contribution in [0.15, 0.2) is 54.6 Å². The molecule has 1 fully saturated rings. The molecule has 1 aromatic heterocycles. The van der Waals surface area contributed by atoms with Gasteiger partial charge in [0, 0.05) is 19.0 Å². The van der Waals surface area contributed by atoms with E-state index < -0.39 is 0 Å². The fourth-order valence-electron chi connectivity index (χ4n) is 4.81. The molecule has 2 unspecified atom stereocenters. The predicted molar refractivity (Wildman–Crippen MR) is 130 cm³/mol. The molecule has 3 aromatic rings. The number of carbonyl (C=O) groups excluding carboxylic acids is 2. The van der Waals surface area contributed by atoms with E-state index in [1.54, 1.807) is 9.58 Å². The summed E-state index contributed by atoms with van der Waals surface area (Å²) in [7, 11) is 0. The molecule has 35 heavy (non-hydrogen) atoms. The Labute approximate surface area is 205 Å². The summed E-state index contributed by atoms with van der Waals surface area (Å²) in [6, 6.07) is 18.1. The van der Waals surface area contributed by atoms with E-state index in [-0.39, 0.29) is 29.9 Å². The summed E-state index contributed by atoms with van der Waals surface area (Å²) in [5, 5.41) is 11.6. The van der Waals surface area contributed by atoms with Crippen LogP contribution in [0.4, 0.5) is 0 Å². The lowest BCUT2D eigenvalue weighted by Crippen LogP contribution is -2.43. The zero-order valence-corrected chi connectivity index (χ0v) is 20.2. The van der Waals surface area contributed by atoms with Gasteiger partial charge < -0.3 is 15.0 Å². The van der Waals surface area contributed by atoms with Gasteiger partial charge in [0.1, 0.15) is 6.10 Å². The number of nitrogens with one attached hydrogen (secondary N) is 1. The van der Waals surface area contributed by atoms with Crippen molar-refractivity contribution in [2.24, 2.45) is 5.92 Å². The van der Waals surface area contributed by atoms with Gasteiger partial charge in [-0.15, -0.1) is 5.10 Å². The molecule has 2 atom stereocenters. The van der Waals surface area contributed by atoms with Gasteiger partial charge in [0.25, 0.3) is 5.91 Å². The standard InChI is InChI=1S/C27H31N5O3/c1-18-8-10-21(11-9-18)24-16-32-23(17-35-24)25(29-30-32)27(34)31-14-12-22(13-15-31)26(33)28-19(2)20-6-4-3-5-7-20/h3-11,19,22,24H,12-17H2,1-2H3,(H,28,33). The van der Waals surface area contributed by atoms with Crippen molar-refractivity contribution >= 4 is 11.8 Å². The number of likely N-dealkylation sites (tertiary alicyclic amines) is 1. The van der Waals surface area contributed by atoms with Crippen molar-refractivity contribution in [3.05, 3.63) is 82.7 Å². The zero-order valence-electron chi connectivity index (χ0n) is 20.2. The molecular formula is C27H31N5O3. The highest BCUT2D eigenvalue weighted by Gasteiger charge is 2.33. The number of ether oxygens (including phenoxy) is 1. The number of fused-ring (bicyclic) bond motifs is 1. The molecule has 1 saturated heterocycles. The second kappa shape index (κ2) is 10.00. The van der Waals surface area contributed by atoms with Crippen molar-refractivity contribution in [1.29, 1.82) is 0 Å². The van der Waals surface area contributed by atoms with E-state index in [4.69, 9.17) is 4.74 Å². The number of carbonyl (C=O) groups is 2. The van der Waals surface area contributed by atoms with Crippen LogP contribution < -0.4 is 5.32 Å². The van der Waals surface area contributed by atoms with Crippen molar-refractivity contribution in [2.45, 2.75) is 52.0 Å². The van der Waals surface area contributed by atoms with E-state index in [2.05, 4.69) is 46.8 Å². The minimum Gasteiger partial charge on any atom is -0.365 e. The van der Waals surface area contributed by atoms with E-state index in [9.17, 15) is 9.59 Å². The molecule has 8 nitrogen and oxygen atoms in total. The number of amides is 2. The topological polar surface area (TPSA) is 89.4 Å². The fourth-order valence-corrected chi connectivity index (χ4v) is 4.81. The Morgan fingerprint density at radius 2 is 1.77 bits per heavy atom. The van der Waals surface area contributed by atoms with Crippen LogP contribution in [-0.2, 0) is 22.7 Å². The van der Waals surface area contributed by atoms with E-state index in [0.717, 1.165) is 16.8 Å². The average Bonchev–Trinajstić information content (AvgIpc) is 3.32. The molecule has 2 aliphatic heterocycles. The molecule has 0 radical (unpaired) electrons. The van der Waals surface area contributed by atoms with Gasteiger partial charge in [-0.3, -0.25) is 9.59 Å². The third-order valence-corrected chi connectivity index (χ3v) is 7.06. The van der Waals surface area contributed by atoms with E-state index in [1.807, 2.05) is 37.3 Å². The number of hydrogen-bond donors (Lipinski definition) is 1. The predicted octanol–water partition coefficient (Wildman–Crippen LogP) is 3.59. The van der Waals surface area contributed by atoms with E-state index >= 15 is 0 Å². The lowest BCUT2D eigenvalue weighted by molar-refractivity contribution is -0.127. The summed E-state index contributed by atoms with van der Waals surface area (Å²) in [4.78, 5) is 27.8. The number of hydrogen-bond acceptors (Lipinski definition) is 5. The summed E-state index contributed by atoms with van der Waals surface area (Å²) in [5.74, 6) is -0.192. The van der Waals surface area contributed by atoms with Crippen molar-refractivity contribution in [1.82, 2.24) is 25.2 Å². The maximum Gasteiger partial charge on any atom is 0.276 e. The quantitative estimate of drug-likeness (QED) is 0.612. The van der Waals surface area contributed by atoms with Crippen LogP contribution in [0.2, 0.25) is 0 Å². The SMILES string of the molecule is Cc1ccc(C2Cn3nnc(C(=O)N4CCC(C(=O)NC(C)c5ccccc5)CC4)c3CO2)cc1. The number of benzene rings is 2. The highest BCUT2D eigenvalue weighted by molar-refractivity contribution is 5.93. The van der Waals surface area contributed by atoms with Gasteiger partial charge in [-0.25, -0.2) is 4.68 Å². The molecule has 1 N–H and O–H groups in total. The van der Waals surface area contributed by atoms with Crippen LogP contribution in [0.3, 0.4) is 0 Å². The van der Waals surface area contributed by atoms with Gasteiger partial charge in [0.2, 0.25) is 5.91 Å². The zero-order chi connectivity index (χ0) is 24.4. The van der Waals surface area contributed by atoms with Crippen molar-refractivity contribution in [3.8, 4) is 0 Å². The highest BCUT2D eigenvalue weighted by atomic mass is 16.5. The Morgan fingerprint density at radius 1 is 1.06 bits per heavy atom. The summed E-state index contributed by atoms with van der Waals surface area (Å²) >= 11 is 0. The molecule has 0 saturated carbocycles. The molecule has 2 aliphatic rings. The average molecular weight is 474 g/mol. The smallest absolute Gasteiger partial charge is 0.276 e. The van der Waals surface area contributed by atoms with Crippen LogP contribution in [0.5, 0.6) is 0 Å². The monoisotopic (exact) mass is 473 g/mol. The Hall–Kier alpha value is -3.52.